The molecule has 1 aliphatic heterocycles. The average molecular weight is 308 g/mol. The number of amides is 1. The van der Waals surface area contributed by atoms with E-state index in [0.29, 0.717) is 13.2 Å². The number of ether oxygens (including phenoxy) is 1. The standard InChI is InChI=1S/C16H24N2O2S/c1-3-18-9-11-21-15-7-6-13(12-14(15)18)16(19)17-8-5-10-20-4-2/h6-7,12H,3-5,8-11H2,1-2H3,(H,17,19). The van der Waals surface area contributed by atoms with E-state index in [9.17, 15) is 4.79 Å². The number of carbonyl (C=O) groups excluding carboxylic acids is 1. The number of rotatable bonds is 7. The highest BCUT2D eigenvalue weighted by atomic mass is 32.2. The van der Waals surface area contributed by atoms with E-state index < -0.39 is 0 Å². The second-order valence-corrected chi connectivity index (χ2v) is 6.05. The molecular weight excluding hydrogens is 284 g/mol. The van der Waals surface area contributed by atoms with Gasteiger partial charge in [0.05, 0.1) is 5.69 Å². The minimum Gasteiger partial charge on any atom is -0.382 e. The third-order valence-corrected chi connectivity index (χ3v) is 4.56. The van der Waals surface area contributed by atoms with E-state index in [1.54, 1.807) is 0 Å². The molecule has 0 unspecified atom stereocenters. The number of anilines is 1. The van der Waals surface area contributed by atoms with Crippen LogP contribution < -0.4 is 10.2 Å². The molecule has 4 nitrogen and oxygen atoms in total. The minimum absolute atomic E-state index is 0.000856. The summed E-state index contributed by atoms with van der Waals surface area (Å²) in [5.74, 6) is 1.12. The lowest BCUT2D eigenvalue weighted by atomic mass is 10.1. The summed E-state index contributed by atoms with van der Waals surface area (Å²) in [6.45, 7) is 8.23. The molecule has 0 aliphatic carbocycles. The summed E-state index contributed by atoms with van der Waals surface area (Å²) in [6.07, 6.45) is 0.849. The van der Waals surface area contributed by atoms with Crippen LogP contribution >= 0.6 is 11.8 Å². The molecule has 0 saturated heterocycles. The number of hydrogen-bond acceptors (Lipinski definition) is 4. The summed E-state index contributed by atoms with van der Waals surface area (Å²) < 4.78 is 5.26. The van der Waals surface area contributed by atoms with Crippen LogP contribution in [0.2, 0.25) is 0 Å². The summed E-state index contributed by atoms with van der Waals surface area (Å²) in [5, 5.41) is 2.95. The number of hydrogen-bond donors (Lipinski definition) is 1. The van der Waals surface area contributed by atoms with Gasteiger partial charge in [0.25, 0.3) is 5.91 Å². The highest BCUT2D eigenvalue weighted by Gasteiger charge is 2.18. The Morgan fingerprint density at radius 1 is 1.43 bits per heavy atom. The zero-order valence-corrected chi connectivity index (χ0v) is 13.7. The van der Waals surface area contributed by atoms with E-state index in [4.69, 9.17) is 4.74 Å². The molecule has 1 N–H and O–H groups in total. The van der Waals surface area contributed by atoms with Crippen LogP contribution in [0.1, 0.15) is 30.6 Å². The Hall–Kier alpha value is -1.20. The fourth-order valence-electron chi connectivity index (χ4n) is 2.37. The molecule has 0 atom stereocenters. The van der Waals surface area contributed by atoms with E-state index in [0.717, 1.165) is 37.4 Å². The van der Waals surface area contributed by atoms with Gasteiger partial charge in [-0.2, -0.15) is 0 Å². The lowest BCUT2D eigenvalue weighted by Crippen LogP contribution is -2.30. The van der Waals surface area contributed by atoms with Crippen molar-refractivity contribution in [3.8, 4) is 0 Å². The van der Waals surface area contributed by atoms with Crippen molar-refractivity contribution in [3.05, 3.63) is 23.8 Å². The molecule has 21 heavy (non-hydrogen) atoms. The van der Waals surface area contributed by atoms with E-state index in [1.807, 2.05) is 30.8 Å². The van der Waals surface area contributed by atoms with Crippen LogP contribution in [-0.4, -0.2) is 44.5 Å². The molecule has 0 aromatic heterocycles. The maximum absolute atomic E-state index is 12.2. The molecule has 0 fully saturated rings. The summed E-state index contributed by atoms with van der Waals surface area (Å²) in [7, 11) is 0. The topological polar surface area (TPSA) is 41.6 Å². The number of thioether (sulfide) groups is 1. The SMILES string of the molecule is CCOCCCNC(=O)c1ccc2c(c1)N(CC)CCS2. The Kier molecular flexibility index (Phi) is 6.39. The van der Waals surface area contributed by atoms with Crippen LogP contribution in [0, 0.1) is 0 Å². The largest absolute Gasteiger partial charge is 0.382 e. The third-order valence-electron chi connectivity index (χ3n) is 3.52. The molecule has 2 rings (SSSR count). The highest BCUT2D eigenvalue weighted by Crippen LogP contribution is 2.35. The van der Waals surface area contributed by atoms with Crippen LogP contribution in [0.3, 0.4) is 0 Å². The third kappa shape index (κ3) is 4.38. The molecule has 1 amide bonds. The van der Waals surface area contributed by atoms with Gasteiger partial charge in [-0.3, -0.25) is 4.79 Å². The zero-order valence-electron chi connectivity index (χ0n) is 12.9. The summed E-state index contributed by atoms with van der Waals surface area (Å²) in [5.41, 5.74) is 1.93. The van der Waals surface area contributed by atoms with Crippen LogP contribution in [0.4, 0.5) is 5.69 Å². The normalized spacial score (nSPS) is 13.9. The Balaban J connectivity index is 1.95. The predicted molar refractivity (Wildman–Crippen MR) is 88.5 cm³/mol. The summed E-state index contributed by atoms with van der Waals surface area (Å²) >= 11 is 1.87. The van der Waals surface area contributed by atoms with Crippen molar-refractivity contribution in [2.45, 2.75) is 25.2 Å². The smallest absolute Gasteiger partial charge is 0.251 e. The Morgan fingerprint density at radius 3 is 3.05 bits per heavy atom. The number of benzene rings is 1. The van der Waals surface area contributed by atoms with E-state index in [2.05, 4.69) is 23.2 Å². The average Bonchev–Trinajstić information content (AvgIpc) is 2.53. The molecule has 0 spiro atoms. The highest BCUT2D eigenvalue weighted by molar-refractivity contribution is 7.99. The van der Waals surface area contributed by atoms with Gasteiger partial charge in [0, 0.05) is 49.1 Å². The first kappa shape index (κ1) is 16.2. The van der Waals surface area contributed by atoms with Crippen molar-refractivity contribution in [2.75, 3.05) is 43.5 Å². The molecule has 1 aromatic carbocycles. The molecule has 0 bridgehead atoms. The van der Waals surface area contributed by atoms with Gasteiger partial charge >= 0.3 is 0 Å². The molecule has 1 aromatic rings. The molecule has 5 heteroatoms. The number of carbonyl (C=O) groups is 1. The molecule has 0 radical (unpaired) electrons. The van der Waals surface area contributed by atoms with Crippen molar-refractivity contribution >= 4 is 23.4 Å². The fraction of sp³-hybridized carbons (Fsp3) is 0.562. The first-order valence-electron chi connectivity index (χ1n) is 7.64. The van der Waals surface area contributed by atoms with E-state index in [1.165, 1.54) is 10.6 Å². The number of fused-ring (bicyclic) bond motifs is 1. The second-order valence-electron chi connectivity index (χ2n) is 4.92. The quantitative estimate of drug-likeness (QED) is 0.787. The Morgan fingerprint density at radius 2 is 2.29 bits per heavy atom. The molecule has 0 saturated carbocycles. The van der Waals surface area contributed by atoms with Gasteiger partial charge < -0.3 is 15.0 Å². The van der Waals surface area contributed by atoms with Gasteiger partial charge in [0.2, 0.25) is 0 Å². The fourth-order valence-corrected chi connectivity index (χ4v) is 3.40. The van der Waals surface area contributed by atoms with Gasteiger partial charge in [-0.25, -0.2) is 0 Å². The predicted octanol–water partition coefficient (Wildman–Crippen LogP) is 2.78. The maximum atomic E-state index is 12.2. The van der Waals surface area contributed by atoms with Crippen molar-refractivity contribution in [1.82, 2.24) is 5.32 Å². The second kappa shape index (κ2) is 8.29. The van der Waals surface area contributed by atoms with Gasteiger partial charge in [0.1, 0.15) is 0 Å². The number of nitrogens with zero attached hydrogens (tertiary/aromatic N) is 1. The van der Waals surface area contributed by atoms with Gasteiger partial charge in [-0.15, -0.1) is 11.8 Å². The Bertz CT molecular complexity index is 479. The monoisotopic (exact) mass is 308 g/mol. The van der Waals surface area contributed by atoms with Crippen molar-refractivity contribution in [1.29, 1.82) is 0 Å². The minimum atomic E-state index is 0.000856. The van der Waals surface area contributed by atoms with Crippen molar-refractivity contribution in [2.24, 2.45) is 0 Å². The summed E-state index contributed by atoms with van der Waals surface area (Å²) in [6, 6.07) is 6.00. The van der Waals surface area contributed by atoms with Gasteiger partial charge in [-0.1, -0.05) is 0 Å². The molecular formula is C16H24N2O2S. The van der Waals surface area contributed by atoms with Crippen molar-refractivity contribution in [3.63, 3.8) is 0 Å². The van der Waals surface area contributed by atoms with Crippen molar-refractivity contribution < 1.29 is 9.53 Å². The first-order valence-corrected chi connectivity index (χ1v) is 8.62. The van der Waals surface area contributed by atoms with Crippen LogP contribution in [0.15, 0.2) is 23.1 Å². The van der Waals surface area contributed by atoms with Gasteiger partial charge in [0.15, 0.2) is 0 Å². The lowest BCUT2D eigenvalue weighted by Gasteiger charge is -2.30. The van der Waals surface area contributed by atoms with Crippen LogP contribution in [0.25, 0.3) is 0 Å². The van der Waals surface area contributed by atoms with Gasteiger partial charge in [-0.05, 0) is 38.5 Å². The summed E-state index contributed by atoms with van der Waals surface area (Å²) in [4.78, 5) is 15.8. The van der Waals surface area contributed by atoms with Crippen LogP contribution in [0.5, 0.6) is 0 Å². The van der Waals surface area contributed by atoms with E-state index in [-0.39, 0.29) is 5.91 Å². The molecule has 116 valence electrons. The molecule has 1 heterocycles. The van der Waals surface area contributed by atoms with Crippen LogP contribution in [-0.2, 0) is 4.74 Å². The van der Waals surface area contributed by atoms with E-state index >= 15 is 0 Å². The number of nitrogens with one attached hydrogen (secondary N) is 1. The first-order chi connectivity index (χ1) is 10.3. The zero-order chi connectivity index (χ0) is 15.1. The Labute approximate surface area is 131 Å². The maximum Gasteiger partial charge on any atom is 0.251 e. The lowest BCUT2D eigenvalue weighted by molar-refractivity contribution is 0.0944. The molecule has 1 aliphatic rings.